The summed E-state index contributed by atoms with van der Waals surface area (Å²) in [5.41, 5.74) is 1.26. The van der Waals surface area contributed by atoms with Crippen molar-refractivity contribution in [3.05, 3.63) is 11.8 Å². The van der Waals surface area contributed by atoms with Crippen LogP contribution in [0.15, 0.2) is 11.8 Å². The fraction of sp³-hybridized carbons (Fsp3) is 0.625. The minimum atomic E-state index is 1.26. The Morgan fingerprint density at radius 1 is 1.30 bits per heavy atom. The van der Waals surface area contributed by atoms with Gasteiger partial charge in [0.1, 0.15) is 14.1 Å². The molecule has 2 heteroatoms. The van der Waals surface area contributed by atoms with Crippen LogP contribution in [0.4, 0.5) is 0 Å². The summed E-state index contributed by atoms with van der Waals surface area (Å²) in [6.45, 7) is 2.08. The van der Waals surface area contributed by atoms with Crippen LogP contribution in [0.3, 0.4) is 0 Å². The van der Waals surface area contributed by atoms with Gasteiger partial charge in [-0.15, -0.1) is 0 Å². The molecule has 0 bridgehead atoms. The molecule has 0 spiro atoms. The van der Waals surface area contributed by atoms with E-state index in [9.17, 15) is 0 Å². The van der Waals surface area contributed by atoms with Gasteiger partial charge in [-0.3, -0.25) is 0 Å². The highest BCUT2D eigenvalue weighted by Crippen LogP contribution is 1.92. The molecule has 0 saturated heterocycles. The summed E-state index contributed by atoms with van der Waals surface area (Å²) in [5, 5.41) is 0. The maximum atomic E-state index is 2.08. The Morgan fingerprint density at radius 2 is 1.80 bits per heavy atom. The van der Waals surface area contributed by atoms with Gasteiger partial charge in [0.25, 0.3) is 0 Å². The first-order valence-corrected chi connectivity index (χ1v) is 3.39. The Balaban J connectivity index is 4.05. The van der Waals surface area contributed by atoms with Gasteiger partial charge in [-0.1, -0.05) is 0 Å². The smallest absolute Gasteiger partial charge is 0.164 e. The van der Waals surface area contributed by atoms with Crippen LogP contribution in [0.2, 0.25) is 0 Å². The summed E-state index contributed by atoms with van der Waals surface area (Å²) < 4.78 is 2.02. The topological polar surface area (TPSA) is 6.25 Å². The molecule has 0 aromatic carbocycles. The standard InChI is InChI=1S/C8H17N2/c1-8(10(4)5)6-7-9(2)3/h6-7H,1-5H3/q+1. The molecule has 0 saturated carbocycles. The van der Waals surface area contributed by atoms with E-state index in [0.717, 1.165) is 0 Å². The fourth-order valence-corrected chi connectivity index (χ4v) is 0.406. The third-order valence-electron chi connectivity index (χ3n) is 1.32. The molecule has 2 nitrogen and oxygen atoms in total. The Morgan fingerprint density at radius 3 is 2.10 bits per heavy atom. The van der Waals surface area contributed by atoms with E-state index in [-0.39, 0.29) is 0 Å². The quantitative estimate of drug-likeness (QED) is 0.407. The van der Waals surface area contributed by atoms with Crippen LogP contribution in [-0.4, -0.2) is 43.9 Å². The molecule has 0 amide bonds. The van der Waals surface area contributed by atoms with Crippen molar-refractivity contribution in [3.63, 3.8) is 0 Å². The number of nitrogens with zero attached hydrogens (tertiary/aromatic N) is 2. The molecule has 0 N–H and O–H groups in total. The van der Waals surface area contributed by atoms with Crippen molar-refractivity contribution in [2.24, 2.45) is 0 Å². The normalized spacial score (nSPS) is 11.1. The van der Waals surface area contributed by atoms with Crippen molar-refractivity contribution in [1.29, 1.82) is 0 Å². The lowest BCUT2D eigenvalue weighted by molar-refractivity contribution is -0.458. The van der Waals surface area contributed by atoms with Crippen molar-refractivity contribution in [2.45, 2.75) is 6.92 Å². The molecule has 0 fully saturated rings. The van der Waals surface area contributed by atoms with Gasteiger partial charge >= 0.3 is 0 Å². The zero-order valence-corrected chi connectivity index (χ0v) is 7.55. The molecule has 0 rings (SSSR count). The predicted molar refractivity (Wildman–Crippen MR) is 45.6 cm³/mol. The van der Waals surface area contributed by atoms with Crippen molar-refractivity contribution < 1.29 is 4.58 Å². The highest BCUT2D eigenvalue weighted by atomic mass is 15.1. The first kappa shape index (κ1) is 9.21. The van der Waals surface area contributed by atoms with Crippen LogP contribution in [0.1, 0.15) is 6.92 Å². The molecule has 10 heavy (non-hydrogen) atoms. The second-order valence-corrected chi connectivity index (χ2v) is 2.82. The van der Waals surface area contributed by atoms with E-state index in [1.807, 2.05) is 39.0 Å². The summed E-state index contributed by atoms with van der Waals surface area (Å²) in [6, 6.07) is 0. The Kier molecular flexibility index (Phi) is 3.77. The van der Waals surface area contributed by atoms with Gasteiger partial charge in [0.2, 0.25) is 0 Å². The number of allylic oxidation sites excluding steroid dienone is 2. The summed E-state index contributed by atoms with van der Waals surface area (Å²) >= 11 is 0. The minimum Gasteiger partial charge on any atom is -0.381 e. The fourth-order valence-electron chi connectivity index (χ4n) is 0.406. The molecule has 0 aromatic heterocycles. The molecular formula is C8H17N2+. The molecule has 0 radical (unpaired) electrons. The second kappa shape index (κ2) is 4.09. The number of rotatable bonds is 2. The van der Waals surface area contributed by atoms with Crippen LogP contribution >= 0.6 is 0 Å². The maximum absolute atomic E-state index is 2.08. The van der Waals surface area contributed by atoms with Crippen molar-refractivity contribution in [1.82, 2.24) is 4.90 Å². The molecule has 0 aromatic rings. The highest BCUT2D eigenvalue weighted by Gasteiger charge is 1.88. The number of hydrogen-bond acceptors (Lipinski definition) is 1. The lowest BCUT2D eigenvalue weighted by Crippen LogP contribution is -2.09. The lowest BCUT2D eigenvalue weighted by Gasteiger charge is -2.10. The zero-order valence-electron chi connectivity index (χ0n) is 7.55. The van der Waals surface area contributed by atoms with E-state index in [2.05, 4.69) is 17.9 Å². The van der Waals surface area contributed by atoms with Gasteiger partial charge < -0.3 is 4.90 Å². The van der Waals surface area contributed by atoms with Crippen LogP contribution in [0, 0.1) is 0 Å². The summed E-state index contributed by atoms with van der Waals surface area (Å²) in [7, 11) is 8.10. The molecule has 0 aliphatic rings. The first-order valence-electron chi connectivity index (χ1n) is 3.39. The van der Waals surface area contributed by atoms with Crippen LogP contribution < -0.4 is 0 Å². The Hall–Kier alpha value is -0.790. The molecular weight excluding hydrogens is 124 g/mol. The van der Waals surface area contributed by atoms with Crippen molar-refractivity contribution in [3.8, 4) is 0 Å². The van der Waals surface area contributed by atoms with Gasteiger partial charge in [0, 0.05) is 25.9 Å². The largest absolute Gasteiger partial charge is 0.381 e. The highest BCUT2D eigenvalue weighted by molar-refractivity contribution is 5.66. The maximum Gasteiger partial charge on any atom is 0.164 e. The summed E-state index contributed by atoms with van der Waals surface area (Å²) in [5.74, 6) is 0. The van der Waals surface area contributed by atoms with E-state index >= 15 is 0 Å². The van der Waals surface area contributed by atoms with Gasteiger partial charge in [0.15, 0.2) is 6.21 Å². The SMILES string of the molecule is C/C(=C/C=[N+](C)C)N(C)C. The Labute approximate surface area is 63.5 Å². The van der Waals surface area contributed by atoms with Gasteiger partial charge in [-0.25, -0.2) is 4.58 Å². The number of hydrogen-bond donors (Lipinski definition) is 0. The van der Waals surface area contributed by atoms with Crippen molar-refractivity contribution in [2.75, 3.05) is 28.2 Å². The van der Waals surface area contributed by atoms with E-state index in [1.54, 1.807) is 0 Å². The van der Waals surface area contributed by atoms with Crippen LogP contribution in [-0.2, 0) is 0 Å². The average molecular weight is 141 g/mol. The zero-order chi connectivity index (χ0) is 8.15. The molecule has 0 atom stereocenters. The van der Waals surface area contributed by atoms with E-state index in [0.29, 0.717) is 0 Å². The average Bonchev–Trinajstić information content (AvgIpc) is 1.82. The first-order chi connectivity index (χ1) is 4.54. The third-order valence-corrected chi connectivity index (χ3v) is 1.32. The van der Waals surface area contributed by atoms with E-state index < -0.39 is 0 Å². The Bertz CT molecular complexity index is 151. The lowest BCUT2D eigenvalue weighted by atomic mass is 10.4. The van der Waals surface area contributed by atoms with Crippen LogP contribution in [0.5, 0.6) is 0 Å². The predicted octanol–water partition coefficient (Wildman–Crippen LogP) is 0.795. The molecule has 0 aliphatic carbocycles. The minimum absolute atomic E-state index is 1.26. The summed E-state index contributed by atoms with van der Waals surface area (Å²) in [6.07, 6.45) is 4.12. The molecule has 0 unspecified atom stereocenters. The monoisotopic (exact) mass is 141 g/mol. The third kappa shape index (κ3) is 4.13. The van der Waals surface area contributed by atoms with E-state index in [4.69, 9.17) is 0 Å². The van der Waals surface area contributed by atoms with Gasteiger partial charge in [-0.2, -0.15) is 0 Å². The van der Waals surface area contributed by atoms with Gasteiger partial charge in [-0.05, 0) is 6.92 Å². The second-order valence-electron chi connectivity index (χ2n) is 2.82. The van der Waals surface area contributed by atoms with Gasteiger partial charge in [0.05, 0.1) is 0 Å². The van der Waals surface area contributed by atoms with Crippen LogP contribution in [0.25, 0.3) is 0 Å². The van der Waals surface area contributed by atoms with Crippen molar-refractivity contribution >= 4 is 6.21 Å². The summed E-state index contributed by atoms with van der Waals surface area (Å²) in [4.78, 5) is 2.08. The molecule has 0 heterocycles. The molecule has 0 aliphatic heterocycles. The molecule has 58 valence electrons. The van der Waals surface area contributed by atoms with E-state index in [1.165, 1.54) is 5.70 Å².